The van der Waals surface area contributed by atoms with E-state index in [0.717, 1.165) is 0 Å². The first kappa shape index (κ1) is 19.2. The van der Waals surface area contributed by atoms with Gasteiger partial charge in [-0.1, -0.05) is 12.1 Å². The van der Waals surface area contributed by atoms with Gasteiger partial charge in [-0.05, 0) is 43.0 Å². The van der Waals surface area contributed by atoms with Gasteiger partial charge in [0.15, 0.2) is 0 Å². The summed E-state index contributed by atoms with van der Waals surface area (Å²) in [5.74, 6) is -0.992. The van der Waals surface area contributed by atoms with Crippen molar-refractivity contribution in [1.29, 1.82) is 0 Å². The second-order valence-corrected chi connectivity index (χ2v) is 7.70. The van der Waals surface area contributed by atoms with Crippen molar-refractivity contribution in [2.45, 2.75) is 11.4 Å². The lowest BCUT2D eigenvalue weighted by Gasteiger charge is -2.08. The molecule has 3 rings (SSSR count). The van der Waals surface area contributed by atoms with Crippen molar-refractivity contribution in [3.8, 4) is 11.1 Å². The zero-order chi connectivity index (χ0) is 19.6. The molecule has 0 aliphatic heterocycles. The third kappa shape index (κ3) is 3.90. The fourth-order valence-electron chi connectivity index (χ4n) is 2.78. The lowest BCUT2D eigenvalue weighted by Crippen LogP contribution is -2.18. The van der Waals surface area contributed by atoms with Gasteiger partial charge >= 0.3 is 0 Å². The molecule has 0 amide bonds. The summed E-state index contributed by atoms with van der Waals surface area (Å²) in [5.41, 5.74) is 7.04. The highest BCUT2D eigenvalue weighted by Crippen LogP contribution is 2.30. The van der Waals surface area contributed by atoms with E-state index in [-0.39, 0.29) is 18.0 Å². The number of hydrogen-bond acceptors (Lipinski definition) is 4. The Hall–Kier alpha value is -2.62. The number of allylic oxidation sites excluding steroid dienone is 1. The van der Waals surface area contributed by atoms with Crippen LogP contribution in [0.25, 0.3) is 22.2 Å². The van der Waals surface area contributed by atoms with E-state index in [2.05, 4.69) is 9.71 Å². The second-order valence-electron chi connectivity index (χ2n) is 5.82. The van der Waals surface area contributed by atoms with Crippen molar-refractivity contribution < 1.29 is 17.2 Å². The van der Waals surface area contributed by atoms with Crippen LogP contribution in [0.5, 0.6) is 0 Å². The molecule has 0 bridgehead atoms. The summed E-state index contributed by atoms with van der Waals surface area (Å²) >= 11 is 0. The quantitative estimate of drug-likeness (QED) is 0.675. The molecule has 0 atom stereocenters. The lowest BCUT2D eigenvalue weighted by molar-refractivity contribution is 0.557. The van der Waals surface area contributed by atoms with E-state index in [1.54, 1.807) is 12.1 Å². The predicted molar refractivity (Wildman–Crippen MR) is 99.6 cm³/mol. The second kappa shape index (κ2) is 7.55. The Morgan fingerprint density at radius 1 is 1.33 bits per heavy atom. The van der Waals surface area contributed by atoms with Gasteiger partial charge in [0.2, 0.25) is 10.0 Å². The zero-order valence-electron chi connectivity index (χ0n) is 14.5. The molecule has 0 aliphatic carbocycles. The number of nitrogens with one attached hydrogen (secondary N) is 1. The number of imidazole rings is 1. The van der Waals surface area contributed by atoms with Crippen LogP contribution in [0.3, 0.4) is 0 Å². The average molecular weight is 392 g/mol. The molecule has 0 unspecified atom stereocenters. The topological polar surface area (TPSA) is 90.0 Å². The molecule has 1 heterocycles. The fraction of sp³-hybridized carbons (Fsp3) is 0.167. The van der Waals surface area contributed by atoms with Crippen molar-refractivity contribution in [3.05, 3.63) is 60.4 Å². The Bertz CT molecular complexity index is 1120. The fourth-order valence-corrected chi connectivity index (χ4v) is 3.55. The number of aromatic nitrogens is 2. The Morgan fingerprint density at radius 2 is 2.11 bits per heavy atom. The molecule has 6 nitrogen and oxygen atoms in total. The van der Waals surface area contributed by atoms with Crippen LogP contribution in [0, 0.1) is 5.82 Å². The molecule has 2 aromatic carbocycles. The predicted octanol–water partition coefficient (Wildman–Crippen LogP) is 2.56. The summed E-state index contributed by atoms with van der Waals surface area (Å²) < 4.78 is 55.8. The van der Waals surface area contributed by atoms with Crippen LogP contribution in [0.1, 0.15) is 0 Å². The molecule has 27 heavy (non-hydrogen) atoms. The Kier molecular flexibility index (Phi) is 5.36. The van der Waals surface area contributed by atoms with Gasteiger partial charge < -0.3 is 10.3 Å². The minimum Gasteiger partial charge on any atom is -0.327 e. The van der Waals surface area contributed by atoms with E-state index in [9.17, 15) is 17.2 Å². The molecule has 0 spiro atoms. The van der Waals surface area contributed by atoms with Crippen LogP contribution >= 0.6 is 0 Å². The summed E-state index contributed by atoms with van der Waals surface area (Å²) in [4.78, 5) is 4.32. The van der Waals surface area contributed by atoms with E-state index < -0.39 is 21.7 Å². The van der Waals surface area contributed by atoms with E-state index in [0.29, 0.717) is 22.2 Å². The molecule has 9 heteroatoms. The molecule has 3 aromatic rings. The maximum atomic E-state index is 14.2. The van der Waals surface area contributed by atoms with Gasteiger partial charge in [-0.25, -0.2) is 26.9 Å². The minimum atomic E-state index is -3.65. The molecule has 0 aliphatic rings. The molecular formula is C18H18F2N4O2S. The Labute approximate surface area is 155 Å². The van der Waals surface area contributed by atoms with E-state index in [1.165, 1.54) is 48.3 Å². The van der Waals surface area contributed by atoms with Crippen molar-refractivity contribution in [1.82, 2.24) is 14.3 Å². The Morgan fingerprint density at radius 3 is 2.81 bits per heavy atom. The minimum absolute atomic E-state index is 0.0521. The summed E-state index contributed by atoms with van der Waals surface area (Å²) in [6.45, 7) is -0.0599. The number of nitrogens with two attached hydrogens (primary N) is 1. The molecule has 0 fully saturated rings. The molecule has 0 saturated heterocycles. The summed E-state index contributed by atoms with van der Waals surface area (Å²) in [5, 5.41) is 0. The molecular weight excluding hydrogens is 374 g/mol. The van der Waals surface area contributed by atoms with Gasteiger partial charge in [-0.2, -0.15) is 0 Å². The largest absolute Gasteiger partial charge is 0.327 e. The van der Waals surface area contributed by atoms with Crippen molar-refractivity contribution in [3.63, 3.8) is 0 Å². The normalized spacial score (nSPS) is 12.7. The SMILES string of the molecule is CNS(=O)(=O)c1cccc(-c2cc(F)cc3c2ncn3C/C(F)=C/CN)c1. The molecule has 0 radical (unpaired) electrons. The number of sulfonamides is 1. The van der Waals surface area contributed by atoms with Crippen molar-refractivity contribution >= 4 is 21.1 Å². The summed E-state index contributed by atoms with van der Waals surface area (Å²) in [7, 11) is -2.33. The standard InChI is InChI=1S/C18H18F2N4O2S/c1-22-27(25,26)15-4-2-3-12(7-15)16-8-14(20)9-17-18(16)23-11-24(17)10-13(19)5-6-21/h2-5,7-9,11,22H,6,10,21H2,1H3/b13-5-. The van der Waals surface area contributed by atoms with Crippen molar-refractivity contribution in [2.24, 2.45) is 5.73 Å². The Balaban J connectivity index is 2.15. The number of rotatable bonds is 6. The van der Waals surface area contributed by atoms with Crippen LogP contribution in [-0.4, -0.2) is 31.6 Å². The first-order chi connectivity index (χ1) is 12.9. The van der Waals surface area contributed by atoms with Crippen LogP contribution in [0.2, 0.25) is 0 Å². The monoisotopic (exact) mass is 392 g/mol. The summed E-state index contributed by atoms with van der Waals surface area (Å²) in [6.07, 6.45) is 2.64. The van der Waals surface area contributed by atoms with Gasteiger partial charge in [0.05, 0.1) is 28.8 Å². The number of fused-ring (bicyclic) bond motifs is 1. The number of hydrogen-bond donors (Lipinski definition) is 2. The van der Waals surface area contributed by atoms with Gasteiger partial charge in [0.1, 0.15) is 11.6 Å². The molecule has 1 aromatic heterocycles. The first-order valence-electron chi connectivity index (χ1n) is 8.08. The smallest absolute Gasteiger partial charge is 0.240 e. The zero-order valence-corrected chi connectivity index (χ0v) is 15.3. The number of nitrogens with zero attached hydrogens (tertiary/aromatic N) is 2. The highest BCUT2D eigenvalue weighted by molar-refractivity contribution is 7.89. The molecule has 3 N–H and O–H groups in total. The van der Waals surface area contributed by atoms with Gasteiger partial charge in [-0.3, -0.25) is 0 Å². The maximum Gasteiger partial charge on any atom is 0.240 e. The number of benzene rings is 2. The lowest BCUT2D eigenvalue weighted by atomic mass is 10.0. The third-order valence-corrected chi connectivity index (χ3v) is 5.49. The van der Waals surface area contributed by atoms with Crippen LogP contribution in [0.15, 0.2) is 59.5 Å². The highest BCUT2D eigenvalue weighted by Gasteiger charge is 2.16. The summed E-state index contributed by atoms with van der Waals surface area (Å²) in [6, 6.07) is 8.64. The van der Waals surface area contributed by atoms with Crippen LogP contribution in [0.4, 0.5) is 8.78 Å². The van der Waals surface area contributed by atoms with E-state index in [4.69, 9.17) is 5.73 Å². The van der Waals surface area contributed by atoms with Gasteiger partial charge in [0, 0.05) is 12.1 Å². The van der Waals surface area contributed by atoms with Crippen LogP contribution in [-0.2, 0) is 16.6 Å². The molecule has 0 saturated carbocycles. The molecule has 142 valence electrons. The van der Waals surface area contributed by atoms with E-state index in [1.807, 2.05) is 0 Å². The van der Waals surface area contributed by atoms with Crippen molar-refractivity contribution in [2.75, 3.05) is 13.6 Å². The van der Waals surface area contributed by atoms with Gasteiger partial charge in [-0.15, -0.1) is 0 Å². The first-order valence-corrected chi connectivity index (χ1v) is 9.57. The van der Waals surface area contributed by atoms with Gasteiger partial charge in [0.25, 0.3) is 0 Å². The average Bonchev–Trinajstić information content (AvgIpc) is 3.04. The maximum absolute atomic E-state index is 14.2. The van der Waals surface area contributed by atoms with Crippen LogP contribution < -0.4 is 10.5 Å². The van der Waals surface area contributed by atoms with E-state index >= 15 is 0 Å². The highest BCUT2D eigenvalue weighted by atomic mass is 32.2. The number of halogens is 2. The third-order valence-electron chi connectivity index (χ3n) is 4.08.